The van der Waals surface area contributed by atoms with E-state index in [0.29, 0.717) is 12.1 Å². The van der Waals surface area contributed by atoms with Gasteiger partial charge in [-0.05, 0) is 40.1 Å². The van der Waals surface area contributed by atoms with Gasteiger partial charge in [-0.25, -0.2) is 8.42 Å². The lowest BCUT2D eigenvalue weighted by Gasteiger charge is -2.17. The molecule has 0 atom stereocenters. The van der Waals surface area contributed by atoms with Gasteiger partial charge in [0.25, 0.3) is 0 Å². The minimum atomic E-state index is -3.52. The Morgan fingerprint density at radius 2 is 2.05 bits per heavy atom. The van der Waals surface area contributed by atoms with E-state index in [1.807, 2.05) is 16.8 Å². The van der Waals surface area contributed by atoms with Gasteiger partial charge in [-0.1, -0.05) is 12.1 Å². The molecule has 0 bridgehead atoms. The molecule has 0 fully saturated rings. The first-order chi connectivity index (χ1) is 9.04. The van der Waals surface area contributed by atoms with Crippen LogP contribution in [-0.4, -0.2) is 24.9 Å². The number of hydrogen-bond acceptors (Lipinski definition) is 4. The monoisotopic (exact) mass is 297 g/mol. The fourth-order valence-corrected chi connectivity index (χ4v) is 3.60. The predicted molar refractivity (Wildman–Crippen MR) is 75.3 cm³/mol. The maximum absolute atomic E-state index is 12.4. The number of thiophene rings is 1. The molecule has 0 saturated carbocycles. The first kappa shape index (κ1) is 14.2. The molecule has 1 aromatic carbocycles. The van der Waals surface area contributed by atoms with E-state index in [0.717, 1.165) is 5.56 Å². The smallest absolute Gasteiger partial charge is 0.243 e. The van der Waals surface area contributed by atoms with Gasteiger partial charge in [-0.3, -0.25) is 0 Å². The van der Waals surface area contributed by atoms with E-state index in [1.54, 1.807) is 25.2 Å². The van der Waals surface area contributed by atoms with Gasteiger partial charge < -0.3 is 5.11 Å². The molecule has 6 heteroatoms. The van der Waals surface area contributed by atoms with E-state index >= 15 is 0 Å². The van der Waals surface area contributed by atoms with Crippen LogP contribution in [0.1, 0.15) is 11.1 Å². The van der Waals surface area contributed by atoms with Crippen LogP contribution >= 0.6 is 11.3 Å². The van der Waals surface area contributed by atoms with Crippen LogP contribution in [0.15, 0.2) is 46.0 Å². The van der Waals surface area contributed by atoms with Crippen LogP contribution in [0.25, 0.3) is 0 Å². The van der Waals surface area contributed by atoms with Gasteiger partial charge in [0.1, 0.15) is 0 Å². The van der Waals surface area contributed by atoms with E-state index in [2.05, 4.69) is 0 Å². The second-order valence-electron chi connectivity index (χ2n) is 4.20. The zero-order valence-corrected chi connectivity index (χ0v) is 12.1. The Kier molecular flexibility index (Phi) is 4.36. The topological polar surface area (TPSA) is 57.6 Å². The number of rotatable bonds is 5. The average molecular weight is 297 g/mol. The molecule has 0 unspecified atom stereocenters. The van der Waals surface area contributed by atoms with Crippen LogP contribution in [0.3, 0.4) is 0 Å². The lowest BCUT2D eigenvalue weighted by Crippen LogP contribution is -2.26. The highest BCUT2D eigenvalue weighted by Crippen LogP contribution is 2.19. The summed E-state index contributed by atoms with van der Waals surface area (Å²) in [5.74, 6) is 0. The molecule has 1 heterocycles. The Labute approximate surface area is 117 Å². The summed E-state index contributed by atoms with van der Waals surface area (Å²) in [5, 5.41) is 12.9. The summed E-state index contributed by atoms with van der Waals surface area (Å²) in [6.07, 6.45) is 0. The maximum Gasteiger partial charge on any atom is 0.243 e. The van der Waals surface area contributed by atoms with Gasteiger partial charge in [-0.15, -0.1) is 0 Å². The summed E-state index contributed by atoms with van der Waals surface area (Å²) in [4.78, 5) is 0.205. The number of aliphatic hydroxyl groups excluding tert-OH is 1. The van der Waals surface area contributed by atoms with Gasteiger partial charge in [-0.2, -0.15) is 15.6 Å². The highest BCUT2D eigenvalue weighted by molar-refractivity contribution is 7.89. The van der Waals surface area contributed by atoms with E-state index in [-0.39, 0.29) is 11.5 Å². The molecular formula is C13H15NO3S2. The molecule has 0 saturated heterocycles. The Balaban J connectivity index is 2.25. The van der Waals surface area contributed by atoms with Crippen LogP contribution < -0.4 is 0 Å². The van der Waals surface area contributed by atoms with Gasteiger partial charge in [0.15, 0.2) is 0 Å². The molecule has 1 N–H and O–H groups in total. The minimum absolute atomic E-state index is 0.169. The zero-order valence-electron chi connectivity index (χ0n) is 10.5. The van der Waals surface area contributed by atoms with Crippen molar-refractivity contribution >= 4 is 21.4 Å². The summed E-state index contributed by atoms with van der Waals surface area (Å²) in [6, 6.07) is 8.27. The van der Waals surface area contributed by atoms with Crippen molar-refractivity contribution in [3.8, 4) is 0 Å². The molecule has 0 aliphatic heterocycles. The predicted octanol–water partition coefficient (Wildman–Crippen LogP) is 2.06. The molecule has 0 spiro atoms. The van der Waals surface area contributed by atoms with E-state index in [4.69, 9.17) is 5.11 Å². The number of benzene rings is 1. The first-order valence-electron chi connectivity index (χ1n) is 5.71. The molecule has 102 valence electrons. The molecule has 2 rings (SSSR count). The summed E-state index contributed by atoms with van der Waals surface area (Å²) in [7, 11) is -1.97. The summed E-state index contributed by atoms with van der Waals surface area (Å²) < 4.78 is 26.1. The second kappa shape index (κ2) is 5.83. The van der Waals surface area contributed by atoms with Crippen molar-refractivity contribution in [3.63, 3.8) is 0 Å². The SMILES string of the molecule is CN(Cc1ccsc1)S(=O)(=O)c1cccc(CO)c1. The van der Waals surface area contributed by atoms with Crippen LogP contribution in [0.2, 0.25) is 0 Å². The molecule has 0 aliphatic carbocycles. The number of hydrogen-bond donors (Lipinski definition) is 1. The Hall–Kier alpha value is -1.21. The summed E-state index contributed by atoms with van der Waals surface area (Å²) >= 11 is 1.54. The van der Waals surface area contributed by atoms with Gasteiger partial charge in [0.2, 0.25) is 10.0 Å². The Bertz CT molecular complexity index is 636. The lowest BCUT2D eigenvalue weighted by molar-refractivity contribution is 0.281. The molecule has 4 nitrogen and oxygen atoms in total. The van der Waals surface area contributed by atoms with Crippen molar-refractivity contribution in [2.24, 2.45) is 0 Å². The van der Waals surface area contributed by atoms with Crippen LogP contribution in [-0.2, 0) is 23.2 Å². The third kappa shape index (κ3) is 3.22. The molecule has 0 radical (unpaired) electrons. The summed E-state index contributed by atoms with van der Waals surface area (Å²) in [5.41, 5.74) is 1.55. The largest absolute Gasteiger partial charge is 0.392 e. The van der Waals surface area contributed by atoms with Crippen molar-refractivity contribution in [1.29, 1.82) is 0 Å². The van der Waals surface area contributed by atoms with Crippen LogP contribution in [0.4, 0.5) is 0 Å². The van der Waals surface area contributed by atoms with Crippen molar-refractivity contribution in [2.45, 2.75) is 18.0 Å². The van der Waals surface area contributed by atoms with Crippen LogP contribution in [0, 0.1) is 0 Å². The molecule has 1 aromatic heterocycles. The van der Waals surface area contributed by atoms with E-state index < -0.39 is 10.0 Å². The van der Waals surface area contributed by atoms with E-state index in [1.165, 1.54) is 21.7 Å². The molecule has 0 amide bonds. The highest BCUT2D eigenvalue weighted by atomic mass is 32.2. The average Bonchev–Trinajstić information content (AvgIpc) is 2.91. The van der Waals surface area contributed by atoms with Crippen molar-refractivity contribution in [3.05, 3.63) is 52.2 Å². The van der Waals surface area contributed by atoms with E-state index in [9.17, 15) is 8.42 Å². The molecule has 0 aliphatic rings. The Morgan fingerprint density at radius 3 is 2.68 bits per heavy atom. The molecule has 19 heavy (non-hydrogen) atoms. The van der Waals surface area contributed by atoms with Crippen molar-refractivity contribution in [1.82, 2.24) is 4.31 Å². The van der Waals surface area contributed by atoms with Crippen molar-refractivity contribution in [2.75, 3.05) is 7.05 Å². The summed E-state index contributed by atoms with van der Waals surface area (Å²) in [6.45, 7) is 0.173. The fourth-order valence-electron chi connectivity index (χ4n) is 1.71. The van der Waals surface area contributed by atoms with Gasteiger partial charge in [0.05, 0.1) is 11.5 Å². The highest BCUT2D eigenvalue weighted by Gasteiger charge is 2.21. The molecular weight excluding hydrogens is 282 g/mol. The fraction of sp³-hybridized carbons (Fsp3) is 0.231. The first-order valence-corrected chi connectivity index (χ1v) is 8.09. The second-order valence-corrected chi connectivity index (χ2v) is 7.02. The third-order valence-electron chi connectivity index (χ3n) is 2.77. The van der Waals surface area contributed by atoms with Crippen molar-refractivity contribution < 1.29 is 13.5 Å². The number of nitrogens with zero attached hydrogens (tertiary/aromatic N) is 1. The zero-order chi connectivity index (χ0) is 13.9. The maximum atomic E-state index is 12.4. The number of aliphatic hydroxyl groups is 1. The quantitative estimate of drug-likeness (QED) is 0.919. The van der Waals surface area contributed by atoms with Gasteiger partial charge >= 0.3 is 0 Å². The standard InChI is InChI=1S/C13H15NO3S2/c1-14(8-12-5-6-18-10-12)19(16,17)13-4-2-3-11(7-13)9-15/h2-7,10,15H,8-9H2,1H3. The number of sulfonamides is 1. The van der Waals surface area contributed by atoms with Gasteiger partial charge in [0, 0.05) is 13.6 Å². The molecule has 2 aromatic rings. The lowest BCUT2D eigenvalue weighted by atomic mass is 10.2. The third-order valence-corrected chi connectivity index (χ3v) is 5.31. The van der Waals surface area contributed by atoms with Crippen LogP contribution in [0.5, 0.6) is 0 Å². The Morgan fingerprint density at radius 1 is 1.26 bits per heavy atom. The normalized spacial score (nSPS) is 11.9. The minimum Gasteiger partial charge on any atom is -0.392 e.